The summed E-state index contributed by atoms with van der Waals surface area (Å²) >= 11 is 1.29. The standard InChI is InChI=1S/C22H23FN4O2S/c1-4-13-27-20(14-29-19-8-6-5-7-18(19)23)25-26-22(27)30-16(3)21(28)24-17-11-9-15(2)10-12-17/h4-12,16H,1,13-14H2,2-3H3,(H,24,28). The number of hydrogen-bond acceptors (Lipinski definition) is 5. The summed E-state index contributed by atoms with van der Waals surface area (Å²) in [4.78, 5) is 12.5. The third-order valence-corrected chi connectivity index (χ3v) is 5.35. The van der Waals surface area contributed by atoms with Gasteiger partial charge in [0.2, 0.25) is 5.91 Å². The first kappa shape index (κ1) is 21.6. The number of carbonyl (C=O) groups excluding carboxylic acids is 1. The first-order chi connectivity index (χ1) is 14.5. The van der Waals surface area contributed by atoms with Crippen molar-refractivity contribution in [2.75, 3.05) is 5.32 Å². The summed E-state index contributed by atoms with van der Waals surface area (Å²) in [6.45, 7) is 8.04. The molecule has 8 heteroatoms. The monoisotopic (exact) mass is 426 g/mol. The highest BCUT2D eigenvalue weighted by Gasteiger charge is 2.20. The molecule has 2 aromatic carbocycles. The van der Waals surface area contributed by atoms with Crippen LogP contribution in [-0.2, 0) is 17.9 Å². The van der Waals surface area contributed by atoms with E-state index >= 15 is 0 Å². The van der Waals surface area contributed by atoms with Crippen LogP contribution in [0.2, 0.25) is 0 Å². The van der Waals surface area contributed by atoms with Gasteiger partial charge in [-0.1, -0.05) is 47.7 Å². The minimum absolute atomic E-state index is 0.0479. The lowest BCUT2D eigenvalue weighted by atomic mass is 10.2. The molecule has 0 radical (unpaired) electrons. The van der Waals surface area contributed by atoms with Gasteiger partial charge in [0.05, 0.1) is 5.25 Å². The number of carbonyl (C=O) groups is 1. The normalized spacial score (nSPS) is 11.7. The number of anilines is 1. The van der Waals surface area contributed by atoms with Crippen LogP contribution >= 0.6 is 11.8 Å². The van der Waals surface area contributed by atoms with Gasteiger partial charge in [-0.3, -0.25) is 9.36 Å². The van der Waals surface area contributed by atoms with Crippen LogP contribution in [0.4, 0.5) is 10.1 Å². The zero-order valence-corrected chi connectivity index (χ0v) is 17.7. The Labute approximate surface area is 179 Å². The number of halogens is 1. The molecule has 1 aromatic heterocycles. The van der Waals surface area contributed by atoms with E-state index in [2.05, 4.69) is 22.1 Å². The largest absolute Gasteiger partial charge is 0.483 e. The molecule has 0 bridgehead atoms. The Hall–Kier alpha value is -3.13. The van der Waals surface area contributed by atoms with Crippen LogP contribution in [0.15, 0.2) is 66.3 Å². The van der Waals surface area contributed by atoms with Crippen molar-refractivity contribution in [2.45, 2.75) is 37.4 Å². The van der Waals surface area contributed by atoms with Crippen molar-refractivity contribution >= 4 is 23.4 Å². The Morgan fingerprint density at radius 2 is 2.00 bits per heavy atom. The number of aryl methyl sites for hydroxylation is 1. The van der Waals surface area contributed by atoms with Gasteiger partial charge < -0.3 is 10.1 Å². The maximum Gasteiger partial charge on any atom is 0.237 e. The maximum absolute atomic E-state index is 13.8. The van der Waals surface area contributed by atoms with Crippen molar-refractivity contribution in [3.63, 3.8) is 0 Å². The van der Waals surface area contributed by atoms with Crippen molar-refractivity contribution in [2.24, 2.45) is 0 Å². The number of para-hydroxylation sites is 1. The summed E-state index contributed by atoms with van der Waals surface area (Å²) in [6, 6.07) is 13.8. The minimum Gasteiger partial charge on any atom is -0.483 e. The molecule has 156 valence electrons. The lowest BCUT2D eigenvalue weighted by molar-refractivity contribution is -0.115. The number of amides is 1. The van der Waals surface area contributed by atoms with Crippen LogP contribution in [0.3, 0.4) is 0 Å². The van der Waals surface area contributed by atoms with E-state index < -0.39 is 11.1 Å². The summed E-state index contributed by atoms with van der Waals surface area (Å²) in [6.07, 6.45) is 1.71. The molecular weight excluding hydrogens is 403 g/mol. The molecule has 0 aliphatic heterocycles. The summed E-state index contributed by atoms with van der Waals surface area (Å²) in [5, 5.41) is 11.4. The summed E-state index contributed by atoms with van der Waals surface area (Å²) in [5.74, 6) is 0.0851. The number of rotatable bonds is 9. The lowest BCUT2D eigenvalue weighted by Gasteiger charge is -2.13. The van der Waals surface area contributed by atoms with Crippen molar-refractivity contribution < 1.29 is 13.9 Å². The Morgan fingerprint density at radius 1 is 1.27 bits per heavy atom. The maximum atomic E-state index is 13.8. The van der Waals surface area contributed by atoms with E-state index in [1.165, 1.54) is 17.8 Å². The fourth-order valence-corrected chi connectivity index (χ4v) is 3.50. The molecule has 1 amide bonds. The van der Waals surface area contributed by atoms with Crippen LogP contribution in [0, 0.1) is 12.7 Å². The number of nitrogens with zero attached hydrogens (tertiary/aromatic N) is 3. The van der Waals surface area contributed by atoms with Gasteiger partial charge in [-0.2, -0.15) is 0 Å². The van der Waals surface area contributed by atoms with Crippen molar-refractivity contribution in [3.05, 3.63) is 78.4 Å². The molecule has 0 aliphatic rings. The van der Waals surface area contributed by atoms with E-state index in [0.29, 0.717) is 17.5 Å². The molecule has 0 aliphatic carbocycles. The number of thioether (sulfide) groups is 1. The Kier molecular flexibility index (Phi) is 7.24. The predicted molar refractivity (Wildman–Crippen MR) is 116 cm³/mol. The average molecular weight is 427 g/mol. The quantitative estimate of drug-likeness (QED) is 0.400. The topological polar surface area (TPSA) is 69.0 Å². The van der Waals surface area contributed by atoms with Crippen LogP contribution in [0.25, 0.3) is 0 Å². The number of allylic oxidation sites excluding steroid dienone is 1. The third kappa shape index (κ3) is 5.48. The third-order valence-electron chi connectivity index (χ3n) is 4.27. The molecule has 0 saturated heterocycles. The number of ether oxygens (including phenoxy) is 1. The molecule has 3 aromatic rings. The van der Waals surface area contributed by atoms with Crippen molar-refractivity contribution in [1.82, 2.24) is 14.8 Å². The van der Waals surface area contributed by atoms with Gasteiger partial charge in [0.25, 0.3) is 0 Å². The first-order valence-electron chi connectivity index (χ1n) is 9.42. The Bertz CT molecular complexity index is 1020. The summed E-state index contributed by atoms with van der Waals surface area (Å²) in [5.41, 5.74) is 1.86. The van der Waals surface area contributed by atoms with Crippen molar-refractivity contribution in [3.8, 4) is 5.75 Å². The highest BCUT2D eigenvalue weighted by Crippen LogP contribution is 2.25. The molecule has 6 nitrogen and oxygen atoms in total. The number of hydrogen-bond donors (Lipinski definition) is 1. The van der Waals surface area contributed by atoms with E-state index in [9.17, 15) is 9.18 Å². The fraction of sp³-hybridized carbons (Fsp3) is 0.227. The van der Waals surface area contributed by atoms with E-state index in [0.717, 1.165) is 11.3 Å². The molecule has 0 saturated carbocycles. The predicted octanol–water partition coefficient (Wildman–Crippen LogP) is 4.61. The highest BCUT2D eigenvalue weighted by molar-refractivity contribution is 8.00. The first-order valence-corrected chi connectivity index (χ1v) is 10.3. The van der Waals surface area contributed by atoms with E-state index in [4.69, 9.17) is 4.74 Å². The second kappa shape index (κ2) is 10.1. The Morgan fingerprint density at radius 3 is 2.70 bits per heavy atom. The zero-order valence-electron chi connectivity index (χ0n) is 16.8. The Balaban J connectivity index is 1.67. The molecule has 0 fully saturated rings. The zero-order chi connectivity index (χ0) is 21.5. The fourth-order valence-electron chi connectivity index (χ4n) is 2.62. The van der Waals surface area contributed by atoms with Crippen LogP contribution < -0.4 is 10.1 Å². The number of aromatic nitrogens is 3. The van der Waals surface area contributed by atoms with E-state index in [1.807, 2.05) is 31.2 Å². The molecule has 1 atom stereocenters. The smallest absolute Gasteiger partial charge is 0.237 e. The number of nitrogens with one attached hydrogen (secondary N) is 1. The molecule has 30 heavy (non-hydrogen) atoms. The van der Waals surface area contributed by atoms with Crippen LogP contribution in [0.1, 0.15) is 18.3 Å². The molecule has 3 rings (SSSR count). The minimum atomic E-state index is -0.441. The lowest BCUT2D eigenvalue weighted by Crippen LogP contribution is -2.23. The molecule has 1 heterocycles. The van der Waals surface area contributed by atoms with Gasteiger partial charge in [0.15, 0.2) is 22.5 Å². The SMILES string of the molecule is C=CCn1c(COc2ccccc2F)nnc1SC(C)C(=O)Nc1ccc(C)cc1. The van der Waals surface area contributed by atoms with E-state index in [1.54, 1.807) is 35.8 Å². The second-order valence-electron chi connectivity index (χ2n) is 6.63. The summed E-state index contributed by atoms with van der Waals surface area (Å²) < 4.78 is 21.1. The van der Waals surface area contributed by atoms with Gasteiger partial charge >= 0.3 is 0 Å². The number of benzene rings is 2. The van der Waals surface area contributed by atoms with Gasteiger partial charge in [-0.25, -0.2) is 4.39 Å². The van der Waals surface area contributed by atoms with E-state index in [-0.39, 0.29) is 18.3 Å². The van der Waals surface area contributed by atoms with Crippen molar-refractivity contribution in [1.29, 1.82) is 0 Å². The highest BCUT2D eigenvalue weighted by atomic mass is 32.2. The van der Waals surface area contributed by atoms with Gasteiger partial charge in [0.1, 0.15) is 6.61 Å². The van der Waals surface area contributed by atoms with Gasteiger partial charge in [-0.15, -0.1) is 16.8 Å². The second-order valence-corrected chi connectivity index (χ2v) is 7.94. The van der Waals surface area contributed by atoms with Gasteiger partial charge in [0, 0.05) is 12.2 Å². The molecule has 1 unspecified atom stereocenters. The molecule has 0 spiro atoms. The van der Waals surface area contributed by atoms with Crippen LogP contribution in [0.5, 0.6) is 5.75 Å². The van der Waals surface area contributed by atoms with Crippen LogP contribution in [-0.4, -0.2) is 25.9 Å². The molecule has 1 N–H and O–H groups in total. The van der Waals surface area contributed by atoms with Gasteiger partial charge in [-0.05, 0) is 38.1 Å². The molecular formula is C22H23FN4O2S. The average Bonchev–Trinajstić information content (AvgIpc) is 3.10. The summed E-state index contributed by atoms with van der Waals surface area (Å²) in [7, 11) is 0.